The van der Waals surface area contributed by atoms with Crippen LogP contribution in [0, 0.1) is 11.8 Å². The summed E-state index contributed by atoms with van der Waals surface area (Å²) < 4.78 is 86.7. The molecule has 0 spiro atoms. The van der Waals surface area contributed by atoms with Crippen LogP contribution in [0.2, 0.25) is 0 Å². The van der Waals surface area contributed by atoms with Gasteiger partial charge in [-0.3, -0.25) is 0 Å². The van der Waals surface area contributed by atoms with Crippen LogP contribution in [0.5, 0.6) is 0 Å². The molecule has 142 valence electrons. The van der Waals surface area contributed by atoms with Crippen molar-refractivity contribution in [3.05, 3.63) is 4.13 Å². The highest BCUT2D eigenvalue weighted by Gasteiger charge is 2.46. The first-order chi connectivity index (χ1) is 10.9. The molecular formula is C13H22F3N2O4S2-. The SMILES string of the molecule is CN(C)C1CCCC2C1CCCC2S(=O)(=O)[N-]S(=O)(=O)C(F)(F)F. The molecule has 0 aliphatic heterocycles. The molecule has 2 aliphatic carbocycles. The van der Waals surface area contributed by atoms with Crippen molar-refractivity contribution in [3.63, 3.8) is 0 Å². The second kappa shape index (κ2) is 6.73. The maximum atomic E-state index is 12.5. The summed E-state index contributed by atoms with van der Waals surface area (Å²) in [6, 6.07) is 0.154. The summed E-state index contributed by atoms with van der Waals surface area (Å²) in [6.07, 6.45) is 3.73. The monoisotopic (exact) mass is 391 g/mol. The Bertz CT molecular complexity index is 661. The van der Waals surface area contributed by atoms with Gasteiger partial charge in [0.15, 0.2) is 10.0 Å². The van der Waals surface area contributed by atoms with Gasteiger partial charge in [-0.1, -0.05) is 12.8 Å². The number of nitrogens with zero attached hydrogens (tertiary/aromatic N) is 2. The van der Waals surface area contributed by atoms with Crippen molar-refractivity contribution in [2.24, 2.45) is 11.8 Å². The quantitative estimate of drug-likeness (QED) is 0.735. The van der Waals surface area contributed by atoms with Crippen LogP contribution < -0.4 is 0 Å². The average molecular weight is 391 g/mol. The first-order valence-corrected chi connectivity index (χ1v) is 10.8. The molecule has 2 rings (SSSR count). The van der Waals surface area contributed by atoms with E-state index >= 15 is 0 Å². The third kappa shape index (κ3) is 3.88. The van der Waals surface area contributed by atoms with E-state index in [0.29, 0.717) is 12.8 Å². The van der Waals surface area contributed by atoms with E-state index in [9.17, 15) is 30.0 Å². The molecule has 0 radical (unpaired) electrons. The minimum atomic E-state index is -6.05. The minimum Gasteiger partial charge on any atom is -0.428 e. The van der Waals surface area contributed by atoms with Crippen molar-refractivity contribution in [1.29, 1.82) is 0 Å². The second-order valence-corrected chi connectivity index (χ2v) is 10.4. The Kier molecular flexibility index (Phi) is 5.59. The topological polar surface area (TPSA) is 85.6 Å². The van der Waals surface area contributed by atoms with Crippen molar-refractivity contribution in [2.75, 3.05) is 14.1 Å². The van der Waals surface area contributed by atoms with Gasteiger partial charge in [0.1, 0.15) is 0 Å². The molecule has 0 N–H and O–H groups in total. The van der Waals surface area contributed by atoms with E-state index in [1.807, 2.05) is 19.0 Å². The highest BCUT2D eigenvalue weighted by Crippen LogP contribution is 2.46. The number of hydrogen-bond donors (Lipinski definition) is 0. The maximum absolute atomic E-state index is 12.5. The smallest absolute Gasteiger partial charge is 0.428 e. The molecule has 0 heterocycles. The number of fused-ring (bicyclic) bond motifs is 1. The van der Waals surface area contributed by atoms with Crippen LogP contribution in [0.15, 0.2) is 0 Å². The number of halogens is 3. The van der Waals surface area contributed by atoms with Crippen LogP contribution in [0.25, 0.3) is 4.13 Å². The summed E-state index contributed by atoms with van der Waals surface area (Å²) in [5.74, 6) is -0.317. The number of rotatable bonds is 4. The van der Waals surface area contributed by atoms with Gasteiger partial charge < -0.3 is 9.03 Å². The highest BCUT2D eigenvalue weighted by molar-refractivity contribution is 8.12. The summed E-state index contributed by atoms with van der Waals surface area (Å²) in [5.41, 5.74) is -5.70. The Morgan fingerprint density at radius 1 is 0.917 bits per heavy atom. The van der Waals surface area contributed by atoms with E-state index in [1.165, 1.54) is 0 Å². The average Bonchev–Trinajstić information content (AvgIpc) is 2.43. The van der Waals surface area contributed by atoms with Crippen LogP contribution in [-0.2, 0) is 20.0 Å². The molecule has 6 nitrogen and oxygen atoms in total. The molecule has 4 atom stereocenters. The summed E-state index contributed by atoms with van der Waals surface area (Å²) in [6.45, 7) is 0. The second-order valence-electron chi connectivity index (χ2n) is 6.77. The van der Waals surface area contributed by atoms with Gasteiger partial charge in [0.2, 0.25) is 0 Å². The van der Waals surface area contributed by atoms with E-state index in [4.69, 9.17) is 0 Å². The molecule has 0 aromatic rings. The Morgan fingerprint density at radius 2 is 1.46 bits per heavy atom. The van der Waals surface area contributed by atoms with E-state index in [-0.39, 0.29) is 24.3 Å². The molecule has 4 unspecified atom stereocenters. The predicted molar refractivity (Wildman–Crippen MR) is 83.2 cm³/mol. The predicted octanol–water partition coefficient (Wildman–Crippen LogP) is 2.44. The van der Waals surface area contributed by atoms with Crippen LogP contribution in [0.4, 0.5) is 13.2 Å². The largest absolute Gasteiger partial charge is 0.480 e. The highest BCUT2D eigenvalue weighted by atomic mass is 32.3. The molecule has 0 bridgehead atoms. The fourth-order valence-corrected chi connectivity index (χ4v) is 7.28. The normalized spacial score (nSPS) is 32.6. The Hall–Kier alpha value is -0.390. The summed E-state index contributed by atoms with van der Waals surface area (Å²) >= 11 is 0. The zero-order valence-electron chi connectivity index (χ0n) is 13.5. The third-order valence-electron chi connectivity index (χ3n) is 5.13. The zero-order chi connectivity index (χ0) is 18.3. The van der Waals surface area contributed by atoms with Gasteiger partial charge in [0.25, 0.3) is 0 Å². The molecule has 0 amide bonds. The molecule has 2 saturated carbocycles. The number of alkyl halides is 3. The van der Waals surface area contributed by atoms with Gasteiger partial charge in [-0.15, -0.1) is 0 Å². The number of sulfonamides is 2. The van der Waals surface area contributed by atoms with Gasteiger partial charge in [-0.25, -0.2) is 16.8 Å². The van der Waals surface area contributed by atoms with Crippen molar-refractivity contribution < 1.29 is 30.0 Å². The first kappa shape index (κ1) is 19.9. The lowest BCUT2D eigenvalue weighted by molar-refractivity contribution is -0.0425. The van der Waals surface area contributed by atoms with Crippen molar-refractivity contribution >= 4 is 20.0 Å². The summed E-state index contributed by atoms with van der Waals surface area (Å²) in [4.78, 5) is 2.01. The van der Waals surface area contributed by atoms with E-state index in [1.54, 1.807) is 0 Å². The fourth-order valence-electron chi connectivity index (χ4n) is 4.16. The lowest BCUT2D eigenvalue weighted by Crippen LogP contribution is -2.49. The molecule has 2 aliphatic rings. The van der Waals surface area contributed by atoms with Crippen molar-refractivity contribution in [3.8, 4) is 0 Å². The van der Waals surface area contributed by atoms with Gasteiger partial charge in [-0.05, 0) is 51.6 Å². The molecule has 0 aromatic heterocycles. The fraction of sp³-hybridized carbons (Fsp3) is 1.00. The molecule has 0 saturated heterocycles. The molecule has 2 fully saturated rings. The Balaban J connectivity index is 2.27. The lowest BCUT2D eigenvalue weighted by atomic mass is 9.68. The maximum Gasteiger partial charge on any atom is 0.480 e. The van der Waals surface area contributed by atoms with Gasteiger partial charge in [-0.2, -0.15) is 13.2 Å². The van der Waals surface area contributed by atoms with Crippen molar-refractivity contribution in [2.45, 2.75) is 55.3 Å². The van der Waals surface area contributed by atoms with E-state index < -0.39 is 30.8 Å². The zero-order valence-corrected chi connectivity index (χ0v) is 15.2. The van der Waals surface area contributed by atoms with Crippen LogP contribution >= 0.6 is 0 Å². The lowest BCUT2D eigenvalue weighted by Gasteiger charge is -2.48. The first-order valence-electron chi connectivity index (χ1n) is 7.82. The molecular weight excluding hydrogens is 369 g/mol. The Labute approximate surface area is 140 Å². The van der Waals surface area contributed by atoms with Crippen LogP contribution in [0.1, 0.15) is 38.5 Å². The summed E-state index contributed by atoms with van der Waals surface area (Å²) in [5, 5.41) is -1.16. The van der Waals surface area contributed by atoms with E-state index in [2.05, 4.69) is 4.13 Å². The van der Waals surface area contributed by atoms with Crippen molar-refractivity contribution in [1.82, 2.24) is 4.90 Å². The molecule has 24 heavy (non-hydrogen) atoms. The van der Waals surface area contributed by atoms with Crippen LogP contribution in [0.3, 0.4) is 0 Å². The van der Waals surface area contributed by atoms with Gasteiger partial charge in [0, 0.05) is 11.3 Å². The minimum absolute atomic E-state index is 0.0334. The molecule has 0 aromatic carbocycles. The standard InChI is InChI=1S/C13H22F3N2O4S2/c1-18(2)11-7-3-6-10-9(11)5-4-8-12(10)23(19,20)17-24(21,22)13(14,15)16/h9-12H,3-8H2,1-2H3/q-1. The molecule has 11 heteroatoms. The van der Waals surface area contributed by atoms with Crippen LogP contribution in [-0.4, -0.2) is 52.6 Å². The number of hydrogen-bond acceptors (Lipinski definition) is 5. The van der Waals surface area contributed by atoms with Gasteiger partial charge >= 0.3 is 5.51 Å². The summed E-state index contributed by atoms with van der Waals surface area (Å²) in [7, 11) is -7.01. The Morgan fingerprint density at radius 3 is 2.00 bits per heavy atom. The van der Waals surface area contributed by atoms with Gasteiger partial charge in [0.05, 0.1) is 10.0 Å². The van der Waals surface area contributed by atoms with E-state index in [0.717, 1.165) is 19.3 Å². The third-order valence-corrected chi connectivity index (χ3v) is 8.68.